The fourth-order valence-electron chi connectivity index (χ4n) is 7.27. The minimum atomic E-state index is -1.84. The Bertz CT molecular complexity index is 2170. The first-order valence-electron chi connectivity index (χ1n) is 18.3. The predicted octanol–water partition coefficient (Wildman–Crippen LogP) is 6.53. The van der Waals surface area contributed by atoms with Gasteiger partial charge in [-0.05, 0) is 93.2 Å². The van der Waals surface area contributed by atoms with Crippen LogP contribution in [0, 0.1) is 5.41 Å². The van der Waals surface area contributed by atoms with E-state index in [1.165, 1.54) is 41.9 Å². The predicted molar refractivity (Wildman–Crippen MR) is 220 cm³/mol. The molecular formula is C41H47ClN4O8S2. The van der Waals surface area contributed by atoms with Crippen molar-refractivity contribution in [3.05, 3.63) is 108 Å². The molecule has 6 rings (SSSR count). The summed E-state index contributed by atoms with van der Waals surface area (Å²) in [6, 6.07) is 16.6. The topological polar surface area (TPSA) is 173 Å². The van der Waals surface area contributed by atoms with E-state index in [9.17, 15) is 29.7 Å². The van der Waals surface area contributed by atoms with E-state index in [0.29, 0.717) is 68.7 Å². The second kappa shape index (κ2) is 17.5. The van der Waals surface area contributed by atoms with Crippen LogP contribution in [0.5, 0.6) is 11.5 Å². The van der Waals surface area contributed by atoms with E-state index >= 15 is 0 Å². The maximum atomic E-state index is 13.7. The van der Waals surface area contributed by atoms with E-state index in [-0.39, 0.29) is 41.4 Å². The number of aromatic amines is 1. The van der Waals surface area contributed by atoms with Gasteiger partial charge in [0.15, 0.2) is 0 Å². The molecule has 0 bridgehead atoms. The summed E-state index contributed by atoms with van der Waals surface area (Å²) < 4.78 is 11.6. The number of pyridine rings is 1. The number of fused-ring (bicyclic) bond motifs is 1. The fourth-order valence-corrected chi connectivity index (χ4v) is 9.22. The second-order valence-corrected chi connectivity index (χ2v) is 17.1. The van der Waals surface area contributed by atoms with Gasteiger partial charge in [-0.2, -0.15) is 0 Å². The van der Waals surface area contributed by atoms with Gasteiger partial charge in [0.25, 0.3) is 0 Å². The number of ether oxygens (including phenoxy) is 2. The van der Waals surface area contributed by atoms with Gasteiger partial charge in [0, 0.05) is 48.8 Å². The number of benzene rings is 2. The molecule has 1 amide bonds. The average Bonchev–Trinajstić information content (AvgIpc) is 3.92. The molecule has 1 fully saturated rings. The number of anilines is 1. The summed E-state index contributed by atoms with van der Waals surface area (Å²) >= 11 is 9.32. The van der Waals surface area contributed by atoms with E-state index in [1.54, 1.807) is 48.5 Å². The zero-order valence-electron chi connectivity index (χ0n) is 31.6. The summed E-state index contributed by atoms with van der Waals surface area (Å²) in [6.07, 6.45) is 1.56. The average molecular weight is 823 g/mol. The molecule has 1 atom stereocenters. The number of nitrogens with one attached hydrogen (secondary N) is 3. The number of aromatic hydroxyl groups is 1. The van der Waals surface area contributed by atoms with Crippen LogP contribution in [0.4, 0.5) is 5.69 Å². The Hall–Kier alpha value is -4.28. The molecule has 3 heterocycles. The smallest absolute Gasteiger partial charge is 0.349 e. The molecule has 0 unspecified atom stereocenters. The van der Waals surface area contributed by atoms with Crippen LogP contribution in [0.15, 0.2) is 76.2 Å². The van der Waals surface area contributed by atoms with Gasteiger partial charge in [-0.15, -0.1) is 22.7 Å². The standard InChI is InChI=1S/C41H47ClN4O8S2/c1-40(2,23-46(3)25-9-11-26(12-10-25)54-39(51)41(52,34-7-5-17-55-34)35-8-6-18-56-35)38(50)44-30-20-33(53-4)24(19-29(30)42)21-43-22-32(48)27-13-15-31(47)37-28(27)14-16-36(49)45-37/h5-8,13-20,25-26,32,43,47-48,52H,9-12,21-23H2,1-4H3,(H,44,50)(H,45,49)/t25?,26?,32-/m0/s1. The fraction of sp³-hybridized carbons (Fsp3) is 0.390. The van der Waals surface area contributed by atoms with E-state index < -0.39 is 23.1 Å². The van der Waals surface area contributed by atoms with Crippen molar-refractivity contribution in [1.29, 1.82) is 0 Å². The number of aliphatic hydroxyl groups is 2. The third-order valence-electron chi connectivity index (χ3n) is 10.4. The second-order valence-electron chi connectivity index (χ2n) is 14.8. The Labute approximate surface area is 338 Å². The van der Waals surface area contributed by atoms with Gasteiger partial charge in [0.2, 0.25) is 17.1 Å². The normalized spacial score (nSPS) is 16.9. The van der Waals surface area contributed by atoms with Gasteiger partial charge in [-0.1, -0.05) is 29.8 Å². The number of aromatic nitrogens is 1. The maximum absolute atomic E-state index is 13.7. The largest absolute Gasteiger partial charge is 0.506 e. The summed E-state index contributed by atoms with van der Waals surface area (Å²) in [7, 11) is 3.52. The minimum absolute atomic E-state index is 0.0844. The van der Waals surface area contributed by atoms with Gasteiger partial charge in [0.05, 0.1) is 44.6 Å². The highest BCUT2D eigenvalue weighted by Crippen LogP contribution is 2.39. The maximum Gasteiger partial charge on any atom is 0.349 e. The highest BCUT2D eigenvalue weighted by molar-refractivity contribution is 7.12. The first-order chi connectivity index (χ1) is 26.7. The summed E-state index contributed by atoms with van der Waals surface area (Å²) in [5.41, 5.74) is -1.07. The molecule has 298 valence electrons. The molecule has 5 aromatic rings. The SMILES string of the molecule is COc1cc(NC(=O)C(C)(C)CN(C)C2CCC(OC(=O)C(O)(c3cccs3)c3cccs3)CC2)c(Cl)cc1CNC[C@H](O)c1ccc(O)c2[nH]c(=O)ccc12. The van der Waals surface area contributed by atoms with Gasteiger partial charge >= 0.3 is 5.97 Å². The van der Waals surface area contributed by atoms with Gasteiger partial charge in [-0.3, -0.25) is 9.59 Å². The molecule has 1 aliphatic rings. The number of amides is 1. The minimum Gasteiger partial charge on any atom is -0.506 e. The lowest BCUT2D eigenvalue weighted by atomic mass is 9.87. The summed E-state index contributed by atoms with van der Waals surface area (Å²) in [4.78, 5) is 44.7. The Morgan fingerprint density at radius 3 is 2.34 bits per heavy atom. The summed E-state index contributed by atoms with van der Waals surface area (Å²) in [6.45, 7) is 4.68. The molecule has 1 saturated carbocycles. The number of hydrogen-bond acceptors (Lipinski definition) is 12. The van der Waals surface area contributed by atoms with Crippen LogP contribution in [0.2, 0.25) is 5.02 Å². The zero-order chi connectivity index (χ0) is 40.2. The lowest BCUT2D eigenvalue weighted by Gasteiger charge is -2.38. The van der Waals surface area contributed by atoms with E-state index in [4.69, 9.17) is 21.1 Å². The number of methoxy groups -OCH3 is 1. The monoisotopic (exact) mass is 822 g/mol. The number of carbonyl (C=O) groups is 2. The quantitative estimate of drug-likeness (QED) is 0.0638. The van der Waals surface area contributed by atoms with Crippen molar-refractivity contribution in [1.82, 2.24) is 15.2 Å². The van der Waals surface area contributed by atoms with Crippen molar-refractivity contribution < 1.29 is 34.4 Å². The first-order valence-corrected chi connectivity index (χ1v) is 20.5. The van der Waals surface area contributed by atoms with Crippen LogP contribution in [-0.2, 0) is 26.5 Å². The van der Waals surface area contributed by atoms with Crippen LogP contribution in [0.1, 0.15) is 66.5 Å². The number of H-pyrrole nitrogens is 1. The molecular weight excluding hydrogens is 776 g/mol. The van der Waals surface area contributed by atoms with Gasteiger partial charge in [0.1, 0.15) is 17.6 Å². The zero-order valence-corrected chi connectivity index (χ0v) is 34.0. The number of carbonyl (C=O) groups excluding carboxylic acids is 2. The number of thiophene rings is 2. The van der Waals surface area contributed by atoms with Crippen LogP contribution >= 0.6 is 34.3 Å². The van der Waals surface area contributed by atoms with Crippen LogP contribution < -0.4 is 20.9 Å². The summed E-state index contributed by atoms with van der Waals surface area (Å²) in [5.74, 6) is -0.459. The number of nitrogens with zero attached hydrogens (tertiary/aromatic N) is 1. The van der Waals surface area contributed by atoms with Crippen molar-refractivity contribution in [3.63, 3.8) is 0 Å². The Morgan fingerprint density at radius 1 is 1.04 bits per heavy atom. The van der Waals surface area contributed by atoms with Crippen molar-refractivity contribution in [3.8, 4) is 11.5 Å². The van der Waals surface area contributed by atoms with E-state index in [2.05, 4.69) is 20.5 Å². The highest BCUT2D eigenvalue weighted by atomic mass is 35.5. The van der Waals surface area contributed by atoms with Gasteiger partial charge in [-0.25, -0.2) is 4.79 Å². The lowest BCUT2D eigenvalue weighted by Crippen LogP contribution is -2.46. The molecule has 2 aromatic carbocycles. The van der Waals surface area contributed by atoms with Crippen LogP contribution in [0.25, 0.3) is 10.9 Å². The number of aliphatic hydroxyl groups excluding tert-OH is 1. The molecule has 6 N–H and O–H groups in total. The van der Waals surface area contributed by atoms with Crippen molar-refractivity contribution in [2.24, 2.45) is 5.41 Å². The number of phenols is 1. The molecule has 12 nitrogen and oxygen atoms in total. The van der Waals surface area contributed by atoms with Crippen molar-refractivity contribution >= 4 is 62.7 Å². The molecule has 56 heavy (non-hydrogen) atoms. The molecule has 1 aliphatic carbocycles. The molecule has 0 spiro atoms. The molecule has 0 aliphatic heterocycles. The third-order valence-corrected chi connectivity index (χ3v) is 12.7. The molecule has 3 aromatic heterocycles. The van der Waals surface area contributed by atoms with Crippen molar-refractivity contribution in [2.75, 3.05) is 32.6 Å². The Kier molecular flexibility index (Phi) is 12.9. The number of rotatable bonds is 15. The van der Waals surface area contributed by atoms with Gasteiger partial charge < -0.3 is 45.3 Å². The lowest BCUT2D eigenvalue weighted by molar-refractivity contribution is -0.169. The number of phenolic OH excluding ortho intramolecular Hbond substituents is 1. The number of halogens is 1. The number of esters is 1. The van der Waals surface area contributed by atoms with Crippen molar-refractivity contribution in [2.45, 2.75) is 69.9 Å². The van der Waals surface area contributed by atoms with E-state index in [0.717, 1.165) is 12.8 Å². The number of hydrogen-bond donors (Lipinski definition) is 6. The Balaban J connectivity index is 1.01. The third kappa shape index (κ3) is 8.97. The Morgan fingerprint density at radius 2 is 1.71 bits per heavy atom. The first kappa shape index (κ1) is 41.4. The molecule has 0 saturated heterocycles. The molecule has 0 radical (unpaired) electrons. The van der Waals surface area contributed by atoms with Crippen LogP contribution in [0.3, 0.4) is 0 Å². The van der Waals surface area contributed by atoms with Crippen LogP contribution in [-0.4, -0.2) is 76.5 Å². The molecule has 15 heteroatoms. The highest BCUT2D eigenvalue weighted by Gasteiger charge is 2.45. The summed E-state index contributed by atoms with van der Waals surface area (Å²) in [5, 5.41) is 43.5. The van der Waals surface area contributed by atoms with E-state index in [1.807, 2.05) is 31.7 Å².